The number of anilines is 2. The highest BCUT2D eigenvalue weighted by atomic mass is 16.5. The van der Waals surface area contributed by atoms with Crippen LogP contribution >= 0.6 is 0 Å². The van der Waals surface area contributed by atoms with Gasteiger partial charge in [-0.05, 0) is 37.3 Å². The van der Waals surface area contributed by atoms with Gasteiger partial charge in [-0.25, -0.2) is 4.79 Å². The van der Waals surface area contributed by atoms with E-state index in [-0.39, 0.29) is 17.8 Å². The van der Waals surface area contributed by atoms with E-state index in [1.807, 2.05) is 0 Å². The first-order chi connectivity index (χ1) is 14.0. The van der Waals surface area contributed by atoms with E-state index in [1.165, 1.54) is 13.1 Å². The summed E-state index contributed by atoms with van der Waals surface area (Å²) in [5.74, 6) is -0.445. The van der Waals surface area contributed by atoms with Crippen molar-refractivity contribution in [2.75, 3.05) is 38.1 Å². The minimum Gasteiger partial charge on any atom is -0.462 e. The van der Waals surface area contributed by atoms with Gasteiger partial charge in [0.25, 0.3) is 5.91 Å². The van der Waals surface area contributed by atoms with Crippen molar-refractivity contribution in [3.05, 3.63) is 53.9 Å². The number of piperazine rings is 1. The molecule has 29 heavy (non-hydrogen) atoms. The molecule has 0 atom stereocenters. The monoisotopic (exact) mass is 396 g/mol. The molecule has 0 bridgehead atoms. The summed E-state index contributed by atoms with van der Waals surface area (Å²) in [5, 5.41) is 3.18. The Bertz CT molecular complexity index is 890. The molecule has 152 valence electrons. The van der Waals surface area contributed by atoms with Crippen LogP contribution < -0.4 is 5.32 Å². The Kier molecular flexibility index (Phi) is 6.43. The van der Waals surface area contributed by atoms with E-state index in [1.54, 1.807) is 53.3 Å². The molecule has 3 rings (SSSR count). The number of esters is 1. The summed E-state index contributed by atoms with van der Waals surface area (Å²) < 4.78 is 4.97. The second-order valence-electron chi connectivity index (χ2n) is 6.68. The largest absolute Gasteiger partial charge is 0.462 e. The first kappa shape index (κ1) is 20.3. The lowest BCUT2D eigenvalue weighted by Crippen LogP contribution is -2.50. The van der Waals surface area contributed by atoms with Crippen LogP contribution in [0.5, 0.6) is 0 Å². The van der Waals surface area contributed by atoms with E-state index in [0.717, 1.165) is 5.69 Å². The molecule has 1 saturated heterocycles. The number of nitrogens with one attached hydrogen (secondary N) is 1. The van der Waals surface area contributed by atoms with Crippen LogP contribution in [0.4, 0.5) is 11.4 Å². The molecule has 2 heterocycles. The summed E-state index contributed by atoms with van der Waals surface area (Å²) >= 11 is 0. The number of pyridine rings is 1. The molecule has 1 fully saturated rings. The Labute approximate surface area is 169 Å². The van der Waals surface area contributed by atoms with Gasteiger partial charge < -0.3 is 19.9 Å². The fraction of sp³-hybridized carbons (Fsp3) is 0.333. The van der Waals surface area contributed by atoms with E-state index < -0.39 is 0 Å². The van der Waals surface area contributed by atoms with E-state index in [0.29, 0.717) is 49.6 Å². The molecule has 1 N–H and O–H groups in total. The molecule has 2 aromatic rings. The van der Waals surface area contributed by atoms with Crippen molar-refractivity contribution < 1.29 is 19.1 Å². The van der Waals surface area contributed by atoms with Crippen LogP contribution in [0.1, 0.15) is 34.6 Å². The number of nitrogens with zero attached hydrogens (tertiary/aromatic N) is 3. The standard InChI is InChI=1S/C21H24N4O4/c1-3-29-21(28)16-4-6-18(7-5-16)23-19-12-17(13-22-14-19)20(27)25-10-8-24(9-11-25)15(2)26/h4-7,12-14,23H,3,8-11H2,1-2H3. The molecule has 1 aromatic carbocycles. The maximum absolute atomic E-state index is 12.8. The summed E-state index contributed by atoms with van der Waals surface area (Å²) in [6.07, 6.45) is 3.17. The fourth-order valence-electron chi connectivity index (χ4n) is 3.10. The van der Waals surface area contributed by atoms with Gasteiger partial charge in [0.15, 0.2) is 0 Å². The smallest absolute Gasteiger partial charge is 0.338 e. The molecule has 0 aliphatic carbocycles. The first-order valence-electron chi connectivity index (χ1n) is 9.52. The fourth-order valence-corrected chi connectivity index (χ4v) is 3.10. The summed E-state index contributed by atoms with van der Waals surface area (Å²) in [4.78, 5) is 43.6. The predicted octanol–water partition coefficient (Wildman–Crippen LogP) is 2.31. The summed E-state index contributed by atoms with van der Waals surface area (Å²) in [5.41, 5.74) is 2.39. The molecule has 0 saturated carbocycles. The summed E-state index contributed by atoms with van der Waals surface area (Å²) in [6, 6.07) is 8.63. The van der Waals surface area contributed by atoms with Gasteiger partial charge in [-0.3, -0.25) is 14.6 Å². The lowest BCUT2D eigenvalue weighted by Gasteiger charge is -2.34. The number of amides is 2. The molecule has 1 aliphatic rings. The van der Waals surface area contributed by atoms with Crippen LogP contribution in [0.3, 0.4) is 0 Å². The lowest BCUT2D eigenvalue weighted by molar-refractivity contribution is -0.130. The van der Waals surface area contributed by atoms with Crippen LogP contribution in [0, 0.1) is 0 Å². The predicted molar refractivity (Wildman–Crippen MR) is 108 cm³/mol. The zero-order valence-electron chi connectivity index (χ0n) is 16.6. The van der Waals surface area contributed by atoms with E-state index in [9.17, 15) is 14.4 Å². The van der Waals surface area contributed by atoms with Gasteiger partial charge in [0.2, 0.25) is 5.91 Å². The van der Waals surface area contributed by atoms with Crippen molar-refractivity contribution in [1.29, 1.82) is 0 Å². The van der Waals surface area contributed by atoms with Crippen LogP contribution in [0.25, 0.3) is 0 Å². The van der Waals surface area contributed by atoms with Gasteiger partial charge in [-0.15, -0.1) is 0 Å². The number of aromatic nitrogens is 1. The van der Waals surface area contributed by atoms with Gasteiger partial charge in [-0.2, -0.15) is 0 Å². The number of benzene rings is 1. The molecule has 1 aromatic heterocycles. The second-order valence-corrected chi connectivity index (χ2v) is 6.68. The van der Waals surface area contributed by atoms with E-state index in [4.69, 9.17) is 4.74 Å². The van der Waals surface area contributed by atoms with Crippen LogP contribution in [-0.2, 0) is 9.53 Å². The summed E-state index contributed by atoms with van der Waals surface area (Å²) in [7, 11) is 0. The first-order valence-corrected chi connectivity index (χ1v) is 9.52. The highest BCUT2D eigenvalue weighted by Crippen LogP contribution is 2.19. The van der Waals surface area contributed by atoms with E-state index in [2.05, 4.69) is 10.3 Å². The zero-order valence-corrected chi connectivity index (χ0v) is 16.6. The van der Waals surface area contributed by atoms with Crippen molar-refractivity contribution in [3.63, 3.8) is 0 Å². The topological polar surface area (TPSA) is 91.8 Å². The number of ether oxygens (including phenoxy) is 1. The number of carbonyl (C=O) groups excluding carboxylic acids is 3. The highest BCUT2D eigenvalue weighted by molar-refractivity contribution is 5.95. The Morgan fingerprint density at radius 1 is 0.966 bits per heavy atom. The third-order valence-corrected chi connectivity index (χ3v) is 4.68. The normalized spacial score (nSPS) is 13.7. The maximum atomic E-state index is 12.8. The van der Waals surface area contributed by atoms with Crippen molar-refractivity contribution >= 4 is 29.2 Å². The number of carbonyl (C=O) groups is 3. The third kappa shape index (κ3) is 5.10. The van der Waals surface area contributed by atoms with Crippen LogP contribution in [0.15, 0.2) is 42.7 Å². The quantitative estimate of drug-likeness (QED) is 0.780. The van der Waals surface area contributed by atoms with Gasteiger partial charge in [-0.1, -0.05) is 0 Å². The maximum Gasteiger partial charge on any atom is 0.338 e. The SMILES string of the molecule is CCOC(=O)c1ccc(Nc2cncc(C(=O)N3CCN(C(C)=O)CC3)c2)cc1. The van der Waals surface area contributed by atoms with Gasteiger partial charge >= 0.3 is 5.97 Å². The van der Waals surface area contributed by atoms with Crippen molar-refractivity contribution in [2.45, 2.75) is 13.8 Å². The Balaban J connectivity index is 1.64. The average Bonchev–Trinajstić information content (AvgIpc) is 2.74. The molecule has 0 unspecified atom stereocenters. The van der Waals surface area contributed by atoms with Crippen molar-refractivity contribution in [3.8, 4) is 0 Å². The Hall–Kier alpha value is -3.42. The molecular formula is C21H24N4O4. The van der Waals surface area contributed by atoms with Gasteiger partial charge in [0.05, 0.1) is 29.6 Å². The highest BCUT2D eigenvalue weighted by Gasteiger charge is 2.23. The molecule has 2 amide bonds. The Morgan fingerprint density at radius 3 is 2.24 bits per heavy atom. The van der Waals surface area contributed by atoms with Crippen LogP contribution in [0.2, 0.25) is 0 Å². The molecule has 1 aliphatic heterocycles. The molecular weight excluding hydrogens is 372 g/mol. The zero-order chi connectivity index (χ0) is 20.8. The molecule has 0 spiro atoms. The van der Waals surface area contributed by atoms with Crippen molar-refractivity contribution in [1.82, 2.24) is 14.8 Å². The number of hydrogen-bond acceptors (Lipinski definition) is 6. The Morgan fingerprint density at radius 2 is 1.62 bits per heavy atom. The van der Waals surface area contributed by atoms with Gasteiger partial charge in [0.1, 0.15) is 0 Å². The molecule has 8 heteroatoms. The minimum atomic E-state index is -0.363. The number of hydrogen-bond donors (Lipinski definition) is 1. The summed E-state index contributed by atoms with van der Waals surface area (Å²) in [6.45, 7) is 5.72. The third-order valence-electron chi connectivity index (χ3n) is 4.68. The molecule has 0 radical (unpaired) electrons. The average molecular weight is 396 g/mol. The minimum absolute atomic E-state index is 0.0268. The van der Waals surface area contributed by atoms with Crippen molar-refractivity contribution in [2.24, 2.45) is 0 Å². The van der Waals surface area contributed by atoms with E-state index >= 15 is 0 Å². The second kappa shape index (κ2) is 9.18. The molecule has 8 nitrogen and oxygen atoms in total. The van der Waals surface area contributed by atoms with Crippen LogP contribution in [-0.4, -0.2) is 65.4 Å². The number of rotatable bonds is 5. The van der Waals surface area contributed by atoms with Gasteiger partial charge in [0, 0.05) is 45.0 Å². The lowest BCUT2D eigenvalue weighted by atomic mass is 10.2.